The molecule has 84 valence electrons. The van der Waals surface area contributed by atoms with Gasteiger partial charge in [-0.3, -0.25) is 4.21 Å². The molecule has 2 rings (SSSR count). The fourth-order valence-corrected chi connectivity index (χ4v) is 3.06. The van der Waals surface area contributed by atoms with Crippen molar-refractivity contribution in [3.8, 4) is 0 Å². The van der Waals surface area contributed by atoms with Crippen LogP contribution >= 0.6 is 0 Å². The normalized spacial score (nSPS) is 28.9. The van der Waals surface area contributed by atoms with Gasteiger partial charge in [-0.2, -0.15) is 0 Å². The van der Waals surface area contributed by atoms with Crippen LogP contribution in [-0.4, -0.2) is 35.9 Å². The Morgan fingerprint density at radius 1 is 1.53 bits per heavy atom. The van der Waals surface area contributed by atoms with Gasteiger partial charge in [-0.15, -0.1) is 5.10 Å². The maximum Gasteiger partial charge on any atom is 0.167 e. The van der Waals surface area contributed by atoms with E-state index in [0.717, 1.165) is 24.3 Å². The van der Waals surface area contributed by atoms with Crippen LogP contribution in [0.3, 0.4) is 0 Å². The summed E-state index contributed by atoms with van der Waals surface area (Å²) in [4.78, 5) is 0. The molecule has 1 unspecified atom stereocenters. The Morgan fingerprint density at radius 3 is 2.80 bits per heavy atom. The molecular weight excluding hydrogens is 214 g/mol. The minimum Gasteiger partial charge on any atom is -0.322 e. The molecule has 1 aromatic rings. The molecule has 1 aliphatic heterocycles. The van der Waals surface area contributed by atoms with E-state index in [0.29, 0.717) is 5.82 Å². The van der Waals surface area contributed by atoms with Crippen molar-refractivity contribution < 1.29 is 4.21 Å². The molecule has 1 atom stereocenters. The van der Waals surface area contributed by atoms with E-state index in [1.165, 1.54) is 0 Å². The number of tetrazole rings is 1. The minimum atomic E-state index is -0.653. The molecule has 0 aromatic carbocycles. The number of hydrogen-bond acceptors (Lipinski definition) is 5. The third-order valence-corrected chi connectivity index (χ3v) is 4.01. The summed E-state index contributed by atoms with van der Waals surface area (Å²) in [5.41, 5.74) is 5.77. The number of aromatic nitrogens is 4. The number of nitrogens with zero attached hydrogens (tertiary/aromatic N) is 4. The summed E-state index contributed by atoms with van der Waals surface area (Å²) in [6.07, 6.45) is 1.74. The summed E-state index contributed by atoms with van der Waals surface area (Å²) in [6.45, 7) is 1.86. The van der Waals surface area contributed by atoms with E-state index in [9.17, 15) is 4.21 Å². The lowest BCUT2D eigenvalue weighted by atomic mass is 10.1. The Kier molecular flexibility index (Phi) is 3.11. The van der Waals surface area contributed by atoms with Gasteiger partial charge in [-0.05, 0) is 30.2 Å². The van der Waals surface area contributed by atoms with Crippen LogP contribution in [0, 0.1) is 0 Å². The smallest absolute Gasteiger partial charge is 0.167 e. The average molecular weight is 229 g/mol. The highest BCUT2D eigenvalue weighted by Crippen LogP contribution is 2.23. The highest BCUT2D eigenvalue weighted by molar-refractivity contribution is 7.85. The monoisotopic (exact) mass is 229 g/mol. The standard InChI is InChI=1S/C8H15N5OS/c1-6(9)8-10-11-12-13(8)7-2-4-15(14)5-3-7/h6-7H,2-5,9H2,1H3. The van der Waals surface area contributed by atoms with Gasteiger partial charge in [0.2, 0.25) is 0 Å². The fraction of sp³-hybridized carbons (Fsp3) is 0.875. The van der Waals surface area contributed by atoms with Crippen molar-refractivity contribution in [2.45, 2.75) is 31.8 Å². The lowest BCUT2D eigenvalue weighted by molar-refractivity contribution is 0.392. The zero-order chi connectivity index (χ0) is 10.8. The zero-order valence-electron chi connectivity index (χ0n) is 8.67. The SMILES string of the molecule is CC(N)c1nnnn1C1CCS(=O)CC1. The molecule has 1 saturated heterocycles. The molecule has 1 fully saturated rings. The van der Waals surface area contributed by atoms with Gasteiger partial charge in [0, 0.05) is 22.3 Å². The van der Waals surface area contributed by atoms with Crippen molar-refractivity contribution in [2.75, 3.05) is 11.5 Å². The van der Waals surface area contributed by atoms with Crippen molar-refractivity contribution in [3.63, 3.8) is 0 Å². The second-order valence-corrected chi connectivity index (χ2v) is 5.55. The second kappa shape index (κ2) is 4.36. The maximum absolute atomic E-state index is 11.2. The lowest BCUT2D eigenvalue weighted by Crippen LogP contribution is -2.25. The number of hydrogen-bond donors (Lipinski definition) is 1. The molecule has 0 amide bonds. The predicted octanol–water partition coefficient (Wildman–Crippen LogP) is -0.224. The van der Waals surface area contributed by atoms with Crippen LogP contribution in [-0.2, 0) is 10.8 Å². The Balaban J connectivity index is 2.15. The van der Waals surface area contributed by atoms with E-state index in [1.807, 2.05) is 6.92 Å². The van der Waals surface area contributed by atoms with Crippen molar-refractivity contribution in [1.82, 2.24) is 20.2 Å². The molecule has 1 aliphatic rings. The first kappa shape index (κ1) is 10.7. The van der Waals surface area contributed by atoms with Gasteiger partial charge in [-0.1, -0.05) is 0 Å². The van der Waals surface area contributed by atoms with Crippen LogP contribution < -0.4 is 5.73 Å². The van der Waals surface area contributed by atoms with Crippen LogP contribution in [0.2, 0.25) is 0 Å². The maximum atomic E-state index is 11.2. The number of rotatable bonds is 2. The van der Waals surface area contributed by atoms with Crippen LogP contribution in [0.4, 0.5) is 0 Å². The largest absolute Gasteiger partial charge is 0.322 e. The van der Waals surface area contributed by atoms with Gasteiger partial charge in [0.15, 0.2) is 5.82 Å². The zero-order valence-corrected chi connectivity index (χ0v) is 9.48. The van der Waals surface area contributed by atoms with E-state index in [2.05, 4.69) is 15.5 Å². The number of nitrogens with two attached hydrogens (primary N) is 1. The molecule has 0 spiro atoms. The third kappa shape index (κ3) is 2.23. The highest BCUT2D eigenvalue weighted by Gasteiger charge is 2.23. The Bertz CT molecular complexity index is 354. The van der Waals surface area contributed by atoms with Crippen LogP contribution in [0.5, 0.6) is 0 Å². The molecule has 2 N–H and O–H groups in total. The summed E-state index contributed by atoms with van der Waals surface area (Å²) >= 11 is 0. The van der Waals surface area contributed by atoms with E-state index in [4.69, 9.17) is 5.73 Å². The van der Waals surface area contributed by atoms with Crippen molar-refractivity contribution in [3.05, 3.63) is 5.82 Å². The highest BCUT2D eigenvalue weighted by atomic mass is 32.2. The Labute approximate surface area is 90.7 Å². The molecule has 1 aromatic heterocycles. The van der Waals surface area contributed by atoms with Gasteiger partial charge < -0.3 is 5.73 Å². The second-order valence-electron chi connectivity index (χ2n) is 3.85. The summed E-state index contributed by atoms with van der Waals surface area (Å²) < 4.78 is 13.0. The summed E-state index contributed by atoms with van der Waals surface area (Å²) in [5.74, 6) is 2.19. The van der Waals surface area contributed by atoms with E-state index < -0.39 is 10.8 Å². The van der Waals surface area contributed by atoms with Crippen molar-refractivity contribution in [1.29, 1.82) is 0 Å². The van der Waals surface area contributed by atoms with Crippen molar-refractivity contribution in [2.24, 2.45) is 5.73 Å². The first-order valence-electron chi connectivity index (χ1n) is 5.07. The fourth-order valence-electron chi connectivity index (χ4n) is 1.79. The van der Waals surface area contributed by atoms with Gasteiger partial charge in [0.1, 0.15) is 0 Å². The average Bonchev–Trinajstić information content (AvgIpc) is 2.67. The van der Waals surface area contributed by atoms with Crippen LogP contribution in [0.15, 0.2) is 0 Å². The molecule has 2 heterocycles. The molecule has 0 aliphatic carbocycles. The predicted molar refractivity (Wildman–Crippen MR) is 56.6 cm³/mol. The van der Waals surface area contributed by atoms with E-state index in [-0.39, 0.29) is 12.1 Å². The molecule has 15 heavy (non-hydrogen) atoms. The van der Waals surface area contributed by atoms with Gasteiger partial charge in [-0.25, -0.2) is 4.68 Å². The van der Waals surface area contributed by atoms with Gasteiger partial charge >= 0.3 is 0 Å². The van der Waals surface area contributed by atoms with Crippen LogP contribution in [0.25, 0.3) is 0 Å². The van der Waals surface area contributed by atoms with Crippen LogP contribution in [0.1, 0.15) is 37.7 Å². The van der Waals surface area contributed by atoms with E-state index >= 15 is 0 Å². The molecule has 6 nitrogen and oxygen atoms in total. The molecule has 0 radical (unpaired) electrons. The van der Waals surface area contributed by atoms with Gasteiger partial charge in [0.05, 0.1) is 12.1 Å². The minimum absolute atomic E-state index is 0.160. The third-order valence-electron chi connectivity index (χ3n) is 2.63. The quantitative estimate of drug-likeness (QED) is 0.757. The Hall–Kier alpha value is -0.820. The van der Waals surface area contributed by atoms with Gasteiger partial charge in [0.25, 0.3) is 0 Å². The van der Waals surface area contributed by atoms with Crippen molar-refractivity contribution >= 4 is 10.8 Å². The molecular formula is C8H15N5OS. The first-order chi connectivity index (χ1) is 7.18. The first-order valence-corrected chi connectivity index (χ1v) is 6.55. The molecule has 0 bridgehead atoms. The summed E-state index contributed by atoms with van der Waals surface area (Å²) in [6, 6.07) is 0.103. The summed E-state index contributed by atoms with van der Waals surface area (Å²) in [5, 5.41) is 11.5. The topological polar surface area (TPSA) is 86.7 Å². The summed E-state index contributed by atoms with van der Waals surface area (Å²) in [7, 11) is -0.653. The molecule has 0 saturated carbocycles. The lowest BCUT2D eigenvalue weighted by Gasteiger charge is -2.22. The van der Waals surface area contributed by atoms with E-state index in [1.54, 1.807) is 4.68 Å². The Morgan fingerprint density at radius 2 is 2.20 bits per heavy atom. The molecule has 7 heteroatoms.